The van der Waals surface area contributed by atoms with E-state index in [2.05, 4.69) is 5.32 Å². The lowest BCUT2D eigenvalue weighted by molar-refractivity contribution is -0.147. The standard InChI is InChI=1S/C15H22N4O4/c16-13(21)10-3-1-7-18(10)15(23)11-4-2-8-19(11)14(22)9-5-6-12(20)17-9/h9-11H,1-8H2,(H2,16,21)(H,17,20)/t9-,10-,11-/m0/s1. The first-order valence-corrected chi connectivity index (χ1v) is 8.18. The zero-order valence-corrected chi connectivity index (χ0v) is 13.0. The number of nitrogens with zero attached hydrogens (tertiary/aromatic N) is 2. The van der Waals surface area contributed by atoms with Crippen molar-refractivity contribution in [1.82, 2.24) is 15.1 Å². The largest absolute Gasteiger partial charge is 0.368 e. The van der Waals surface area contributed by atoms with Crippen LogP contribution >= 0.6 is 0 Å². The Morgan fingerprint density at radius 2 is 1.57 bits per heavy atom. The van der Waals surface area contributed by atoms with E-state index in [9.17, 15) is 19.2 Å². The second-order valence-corrected chi connectivity index (χ2v) is 6.44. The Kier molecular flexibility index (Phi) is 4.23. The van der Waals surface area contributed by atoms with Crippen LogP contribution in [0.25, 0.3) is 0 Å². The van der Waals surface area contributed by atoms with Crippen molar-refractivity contribution in [2.75, 3.05) is 13.1 Å². The van der Waals surface area contributed by atoms with Crippen molar-refractivity contribution in [3.63, 3.8) is 0 Å². The van der Waals surface area contributed by atoms with Gasteiger partial charge in [-0.1, -0.05) is 0 Å². The van der Waals surface area contributed by atoms with E-state index in [1.807, 2.05) is 0 Å². The summed E-state index contributed by atoms with van der Waals surface area (Å²) in [6, 6.07) is -1.63. The van der Waals surface area contributed by atoms with Crippen LogP contribution in [0, 0.1) is 0 Å². The van der Waals surface area contributed by atoms with Crippen molar-refractivity contribution >= 4 is 23.6 Å². The summed E-state index contributed by atoms with van der Waals surface area (Å²) >= 11 is 0. The molecule has 3 fully saturated rings. The Morgan fingerprint density at radius 1 is 0.957 bits per heavy atom. The quantitative estimate of drug-likeness (QED) is 0.674. The normalized spacial score (nSPS) is 30.6. The Hall–Kier alpha value is -2.12. The lowest BCUT2D eigenvalue weighted by Crippen LogP contribution is -2.54. The van der Waals surface area contributed by atoms with E-state index in [0.717, 1.165) is 12.8 Å². The highest BCUT2D eigenvalue weighted by atomic mass is 16.2. The van der Waals surface area contributed by atoms with Gasteiger partial charge in [0.25, 0.3) is 0 Å². The van der Waals surface area contributed by atoms with Crippen LogP contribution in [0.5, 0.6) is 0 Å². The molecule has 3 rings (SSSR count). The minimum atomic E-state index is -0.564. The van der Waals surface area contributed by atoms with Gasteiger partial charge in [0.05, 0.1) is 0 Å². The molecule has 0 unspecified atom stereocenters. The maximum atomic E-state index is 12.8. The summed E-state index contributed by atoms with van der Waals surface area (Å²) < 4.78 is 0. The highest BCUT2D eigenvalue weighted by molar-refractivity contribution is 5.95. The maximum Gasteiger partial charge on any atom is 0.246 e. The monoisotopic (exact) mass is 322 g/mol. The van der Waals surface area contributed by atoms with Crippen molar-refractivity contribution in [1.29, 1.82) is 0 Å². The van der Waals surface area contributed by atoms with Crippen LogP contribution in [0.15, 0.2) is 0 Å². The van der Waals surface area contributed by atoms with E-state index < -0.39 is 24.0 Å². The van der Waals surface area contributed by atoms with Crippen molar-refractivity contribution in [3.8, 4) is 0 Å². The van der Waals surface area contributed by atoms with Gasteiger partial charge in [-0.05, 0) is 32.1 Å². The van der Waals surface area contributed by atoms with Gasteiger partial charge in [0.1, 0.15) is 18.1 Å². The number of amides is 4. The molecule has 23 heavy (non-hydrogen) atoms. The molecular formula is C15H22N4O4. The van der Waals surface area contributed by atoms with Gasteiger partial charge < -0.3 is 20.9 Å². The first-order chi connectivity index (χ1) is 11.0. The van der Waals surface area contributed by atoms with E-state index in [1.54, 1.807) is 4.90 Å². The summed E-state index contributed by atoms with van der Waals surface area (Å²) in [6.07, 6.45) is 3.49. The molecule has 0 aliphatic carbocycles. The Morgan fingerprint density at radius 3 is 2.13 bits per heavy atom. The molecule has 0 bridgehead atoms. The second kappa shape index (κ2) is 6.17. The number of rotatable bonds is 3. The molecule has 0 saturated carbocycles. The molecule has 0 radical (unpaired) electrons. The van der Waals surface area contributed by atoms with Crippen LogP contribution in [-0.2, 0) is 19.2 Å². The molecule has 8 heteroatoms. The van der Waals surface area contributed by atoms with Crippen LogP contribution in [0.1, 0.15) is 38.5 Å². The summed E-state index contributed by atoms with van der Waals surface area (Å²) in [5, 5.41) is 2.66. The molecule has 0 aromatic heterocycles. The van der Waals surface area contributed by atoms with Crippen molar-refractivity contribution in [2.24, 2.45) is 5.73 Å². The van der Waals surface area contributed by atoms with Crippen molar-refractivity contribution < 1.29 is 19.2 Å². The van der Waals surface area contributed by atoms with Crippen LogP contribution in [0.3, 0.4) is 0 Å². The predicted molar refractivity (Wildman–Crippen MR) is 79.8 cm³/mol. The molecule has 8 nitrogen and oxygen atoms in total. The zero-order valence-electron chi connectivity index (χ0n) is 13.0. The Balaban J connectivity index is 1.71. The summed E-state index contributed by atoms with van der Waals surface area (Å²) in [4.78, 5) is 51.3. The molecule has 0 spiro atoms. The number of likely N-dealkylation sites (tertiary alicyclic amines) is 2. The first kappa shape index (κ1) is 15.8. The minimum Gasteiger partial charge on any atom is -0.368 e. The first-order valence-electron chi connectivity index (χ1n) is 8.18. The SMILES string of the molecule is NC(=O)[C@@H]1CCCN1C(=O)[C@@H]1CCCN1C(=O)[C@@H]1CCC(=O)N1. The number of nitrogens with two attached hydrogens (primary N) is 1. The molecule has 126 valence electrons. The van der Waals surface area contributed by atoms with Gasteiger partial charge in [-0.3, -0.25) is 19.2 Å². The average Bonchev–Trinajstić information content (AvgIpc) is 3.25. The van der Waals surface area contributed by atoms with Crippen molar-refractivity contribution in [2.45, 2.75) is 56.7 Å². The third-order valence-electron chi connectivity index (χ3n) is 4.98. The Bertz CT molecular complexity index is 550. The van der Waals surface area contributed by atoms with Gasteiger partial charge in [-0.15, -0.1) is 0 Å². The minimum absolute atomic E-state index is 0.126. The molecule has 0 aromatic rings. The number of hydrogen-bond acceptors (Lipinski definition) is 4. The van der Waals surface area contributed by atoms with E-state index in [0.29, 0.717) is 38.8 Å². The topological polar surface area (TPSA) is 113 Å². The molecule has 3 N–H and O–H groups in total. The third kappa shape index (κ3) is 2.89. The second-order valence-electron chi connectivity index (χ2n) is 6.44. The molecule has 3 atom stereocenters. The van der Waals surface area contributed by atoms with Crippen molar-refractivity contribution in [3.05, 3.63) is 0 Å². The fourth-order valence-electron chi connectivity index (χ4n) is 3.80. The summed E-state index contributed by atoms with van der Waals surface area (Å²) in [5.41, 5.74) is 5.37. The molecule has 4 amide bonds. The summed E-state index contributed by atoms with van der Waals surface area (Å²) in [6.45, 7) is 1.02. The van der Waals surface area contributed by atoms with Gasteiger partial charge in [-0.25, -0.2) is 0 Å². The molecule has 3 aliphatic heterocycles. The summed E-state index contributed by atoms with van der Waals surface area (Å²) in [7, 11) is 0. The van der Waals surface area contributed by atoms with Crippen LogP contribution in [-0.4, -0.2) is 64.6 Å². The molecule has 0 aromatic carbocycles. The fourth-order valence-corrected chi connectivity index (χ4v) is 3.80. The molecule has 3 saturated heterocycles. The van der Waals surface area contributed by atoms with Crippen LogP contribution in [0.2, 0.25) is 0 Å². The van der Waals surface area contributed by atoms with Gasteiger partial charge in [0.15, 0.2) is 0 Å². The van der Waals surface area contributed by atoms with E-state index in [1.165, 1.54) is 4.90 Å². The van der Waals surface area contributed by atoms with Crippen LogP contribution < -0.4 is 11.1 Å². The maximum absolute atomic E-state index is 12.8. The Labute approximate surface area is 134 Å². The van der Waals surface area contributed by atoms with Gasteiger partial charge >= 0.3 is 0 Å². The molecular weight excluding hydrogens is 300 g/mol. The molecule has 3 heterocycles. The number of primary amides is 1. The van der Waals surface area contributed by atoms with E-state index in [-0.39, 0.29) is 17.7 Å². The van der Waals surface area contributed by atoms with Gasteiger partial charge in [0, 0.05) is 19.5 Å². The summed E-state index contributed by atoms with van der Waals surface area (Å²) in [5.74, 6) is -1.00. The number of carbonyl (C=O) groups is 4. The lowest BCUT2D eigenvalue weighted by atomic mass is 10.1. The zero-order chi connectivity index (χ0) is 16.6. The number of nitrogens with one attached hydrogen (secondary N) is 1. The van der Waals surface area contributed by atoms with Crippen LogP contribution in [0.4, 0.5) is 0 Å². The van der Waals surface area contributed by atoms with E-state index >= 15 is 0 Å². The van der Waals surface area contributed by atoms with E-state index in [4.69, 9.17) is 5.73 Å². The smallest absolute Gasteiger partial charge is 0.246 e. The highest BCUT2D eigenvalue weighted by Gasteiger charge is 2.43. The fraction of sp³-hybridized carbons (Fsp3) is 0.733. The molecule has 3 aliphatic rings. The third-order valence-corrected chi connectivity index (χ3v) is 4.98. The lowest BCUT2D eigenvalue weighted by Gasteiger charge is -2.31. The average molecular weight is 322 g/mol. The number of carbonyl (C=O) groups excluding carboxylic acids is 4. The predicted octanol–water partition coefficient (Wildman–Crippen LogP) is -1.27. The van der Waals surface area contributed by atoms with Gasteiger partial charge in [0.2, 0.25) is 23.6 Å². The highest BCUT2D eigenvalue weighted by Crippen LogP contribution is 2.26. The van der Waals surface area contributed by atoms with Gasteiger partial charge in [-0.2, -0.15) is 0 Å². The number of hydrogen-bond donors (Lipinski definition) is 2.